The second-order valence-corrected chi connectivity index (χ2v) is 11.8. The largest absolute Gasteiger partial charge is 0.303 e. The maximum atomic E-state index is 6.00. The van der Waals surface area contributed by atoms with E-state index < -0.39 is 0 Å². The minimum atomic E-state index is 0.339. The number of terminal acetylenes is 1. The summed E-state index contributed by atoms with van der Waals surface area (Å²) < 4.78 is 1.52. The van der Waals surface area contributed by atoms with E-state index in [0.717, 1.165) is 0 Å². The van der Waals surface area contributed by atoms with Gasteiger partial charge in [0.15, 0.2) is 0 Å². The fraction of sp³-hybridized carbons (Fsp3) is 0.935. The molecule has 1 unspecified atom stereocenters. The van der Waals surface area contributed by atoms with Gasteiger partial charge in [-0.3, -0.25) is 0 Å². The van der Waals surface area contributed by atoms with Gasteiger partial charge in [0.1, 0.15) is 0 Å². The first-order valence-electron chi connectivity index (χ1n) is 15.1. The Labute approximate surface area is 224 Å². The Hall–Kier alpha value is 0.250. The summed E-state index contributed by atoms with van der Waals surface area (Å²) in [7, 11) is 0. The van der Waals surface area contributed by atoms with Crippen LogP contribution in [0.15, 0.2) is 0 Å². The SMILES string of the molecule is C#CC(I)[N+](CCCC)(CCCCCCCCCCCC)CCCCCCCCCCCC. The molecule has 0 N–H and O–H groups in total. The first-order chi connectivity index (χ1) is 16.2. The lowest BCUT2D eigenvalue weighted by Gasteiger charge is -2.41. The molecule has 33 heavy (non-hydrogen) atoms. The van der Waals surface area contributed by atoms with Gasteiger partial charge < -0.3 is 4.48 Å². The van der Waals surface area contributed by atoms with E-state index in [-0.39, 0.29) is 0 Å². The van der Waals surface area contributed by atoms with Crippen LogP contribution in [0.3, 0.4) is 0 Å². The van der Waals surface area contributed by atoms with Gasteiger partial charge in [0.05, 0.1) is 19.6 Å². The molecule has 0 aromatic carbocycles. The second kappa shape index (κ2) is 25.3. The predicted molar refractivity (Wildman–Crippen MR) is 160 cm³/mol. The molecule has 0 aromatic rings. The van der Waals surface area contributed by atoms with Crippen molar-refractivity contribution in [2.45, 2.75) is 166 Å². The third-order valence-electron chi connectivity index (χ3n) is 7.49. The Morgan fingerprint density at radius 2 is 0.758 bits per heavy atom. The highest BCUT2D eigenvalue weighted by Crippen LogP contribution is 2.25. The summed E-state index contributed by atoms with van der Waals surface area (Å²) in [6, 6.07) is 0. The highest BCUT2D eigenvalue weighted by atomic mass is 127. The molecule has 0 rings (SSSR count). The Bertz CT molecular complexity index is 403. The van der Waals surface area contributed by atoms with Crippen LogP contribution in [0, 0.1) is 12.3 Å². The maximum Gasteiger partial charge on any atom is 0.200 e. The van der Waals surface area contributed by atoms with Gasteiger partial charge in [-0.2, -0.15) is 0 Å². The Morgan fingerprint density at radius 3 is 1.06 bits per heavy atom. The van der Waals surface area contributed by atoms with Crippen LogP contribution >= 0.6 is 22.6 Å². The van der Waals surface area contributed by atoms with Crippen LogP contribution in [0.5, 0.6) is 0 Å². The summed E-state index contributed by atoms with van der Waals surface area (Å²) in [5.74, 6) is 3.14. The number of unbranched alkanes of at least 4 members (excludes halogenated alkanes) is 19. The van der Waals surface area contributed by atoms with Gasteiger partial charge in [-0.25, -0.2) is 0 Å². The molecule has 0 heterocycles. The zero-order chi connectivity index (χ0) is 24.5. The third-order valence-corrected chi connectivity index (χ3v) is 9.03. The van der Waals surface area contributed by atoms with E-state index in [2.05, 4.69) is 49.3 Å². The molecule has 0 aliphatic carbocycles. The van der Waals surface area contributed by atoms with Crippen molar-refractivity contribution in [1.82, 2.24) is 0 Å². The van der Waals surface area contributed by atoms with Crippen molar-refractivity contribution in [3.63, 3.8) is 0 Å². The van der Waals surface area contributed by atoms with E-state index in [0.29, 0.717) is 4.05 Å². The van der Waals surface area contributed by atoms with E-state index in [9.17, 15) is 0 Å². The van der Waals surface area contributed by atoms with Gasteiger partial charge in [0.2, 0.25) is 4.05 Å². The summed E-state index contributed by atoms with van der Waals surface area (Å²) in [5.41, 5.74) is 0. The molecule has 1 atom stereocenters. The molecular formula is C31H61IN+. The van der Waals surface area contributed by atoms with E-state index in [4.69, 9.17) is 6.42 Å². The highest BCUT2D eigenvalue weighted by molar-refractivity contribution is 14.1. The quantitative estimate of drug-likeness (QED) is 0.0241. The smallest absolute Gasteiger partial charge is 0.200 e. The number of hydrogen-bond donors (Lipinski definition) is 0. The van der Waals surface area contributed by atoms with E-state index in [1.54, 1.807) is 0 Å². The summed E-state index contributed by atoms with van der Waals surface area (Å²) in [6.45, 7) is 10.8. The summed E-state index contributed by atoms with van der Waals surface area (Å²) in [4.78, 5) is 0. The normalized spacial score (nSPS) is 12.7. The first kappa shape index (κ1) is 33.2. The molecule has 196 valence electrons. The molecule has 0 aromatic heterocycles. The zero-order valence-electron chi connectivity index (χ0n) is 23.2. The van der Waals surface area contributed by atoms with Crippen molar-refractivity contribution in [3.8, 4) is 12.3 Å². The van der Waals surface area contributed by atoms with Gasteiger partial charge in [-0.05, 0) is 38.0 Å². The molecule has 0 aliphatic heterocycles. The molecule has 0 bridgehead atoms. The minimum Gasteiger partial charge on any atom is -0.303 e. The lowest BCUT2D eigenvalue weighted by molar-refractivity contribution is -0.927. The van der Waals surface area contributed by atoms with Gasteiger partial charge in [0, 0.05) is 22.6 Å². The molecule has 2 heteroatoms. The van der Waals surface area contributed by atoms with E-state index in [1.165, 1.54) is 165 Å². The molecule has 1 nitrogen and oxygen atoms in total. The Morgan fingerprint density at radius 1 is 0.485 bits per heavy atom. The minimum absolute atomic E-state index is 0.339. The van der Waals surface area contributed by atoms with Crippen LogP contribution in [0.4, 0.5) is 0 Å². The Balaban J connectivity index is 4.23. The number of hydrogen-bond acceptors (Lipinski definition) is 0. The van der Waals surface area contributed by atoms with Crippen LogP contribution in [0.25, 0.3) is 0 Å². The van der Waals surface area contributed by atoms with Crippen LogP contribution in [0.2, 0.25) is 0 Å². The Kier molecular flexibility index (Phi) is 25.5. The van der Waals surface area contributed by atoms with Crippen molar-refractivity contribution < 1.29 is 4.48 Å². The van der Waals surface area contributed by atoms with Crippen molar-refractivity contribution in [1.29, 1.82) is 0 Å². The molecule has 0 saturated heterocycles. The summed E-state index contributed by atoms with van der Waals surface area (Å²) in [5, 5.41) is 0. The lowest BCUT2D eigenvalue weighted by Crippen LogP contribution is -2.54. The van der Waals surface area contributed by atoms with Crippen molar-refractivity contribution in [2.75, 3.05) is 19.6 Å². The van der Waals surface area contributed by atoms with Gasteiger partial charge in [0.25, 0.3) is 0 Å². The predicted octanol–water partition coefficient (Wildman–Crippen LogP) is 10.8. The number of quaternary nitrogens is 1. The van der Waals surface area contributed by atoms with E-state index in [1.807, 2.05) is 0 Å². The van der Waals surface area contributed by atoms with Crippen molar-refractivity contribution >= 4 is 22.6 Å². The molecule has 0 aliphatic rings. The summed E-state index contributed by atoms with van der Waals surface area (Å²) >= 11 is 2.58. The average molecular weight is 575 g/mol. The molecule has 0 radical (unpaired) electrons. The first-order valence-corrected chi connectivity index (χ1v) is 16.4. The monoisotopic (exact) mass is 574 g/mol. The van der Waals surface area contributed by atoms with Crippen LogP contribution < -0.4 is 0 Å². The fourth-order valence-corrected chi connectivity index (χ4v) is 5.97. The molecule has 0 fully saturated rings. The highest BCUT2D eigenvalue weighted by Gasteiger charge is 2.32. The fourth-order valence-electron chi connectivity index (χ4n) is 5.13. The van der Waals surface area contributed by atoms with Crippen LogP contribution in [-0.2, 0) is 0 Å². The lowest BCUT2D eigenvalue weighted by atomic mass is 10.0. The number of nitrogens with zero attached hydrogens (tertiary/aromatic N) is 1. The second-order valence-electron chi connectivity index (χ2n) is 10.6. The van der Waals surface area contributed by atoms with Crippen molar-refractivity contribution in [3.05, 3.63) is 0 Å². The maximum absolute atomic E-state index is 6.00. The molecule has 0 spiro atoms. The van der Waals surface area contributed by atoms with Gasteiger partial charge >= 0.3 is 0 Å². The number of rotatable bonds is 26. The number of halogens is 1. The summed E-state index contributed by atoms with van der Waals surface area (Å²) in [6.07, 6.45) is 36.9. The van der Waals surface area contributed by atoms with Gasteiger partial charge in [-0.15, -0.1) is 6.42 Å². The molecule has 0 amide bonds. The van der Waals surface area contributed by atoms with Crippen LogP contribution in [0.1, 0.15) is 162 Å². The third kappa shape index (κ3) is 19.2. The van der Waals surface area contributed by atoms with Crippen molar-refractivity contribution in [2.24, 2.45) is 0 Å². The zero-order valence-corrected chi connectivity index (χ0v) is 25.3. The van der Waals surface area contributed by atoms with Gasteiger partial charge in [-0.1, -0.05) is 130 Å². The number of alkyl halides is 1. The molecule has 0 saturated carbocycles. The average Bonchev–Trinajstić information content (AvgIpc) is 2.83. The van der Waals surface area contributed by atoms with E-state index >= 15 is 0 Å². The standard InChI is InChI=1S/C31H61IN/c1-5-9-12-14-16-18-20-22-24-26-29-33(28-11-7-3,31(32)8-4)30-27-25-23-21-19-17-15-13-10-6-2/h4,31H,5-7,9-30H2,1-3H3/q+1. The molecular weight excluding hydrogens is 513 g/mol. The van der Waals surface area contributed by atoms with Crippen LogP contribution in [-0.4, -0.2) is 28.2 Å². The topological polar surface area (TPSA) is 0 Å².